The first-order valence-corrected chi connectivity index (χ1v) is 2.81. The summed E-state index contributed by atoms with van der Waals surface area (Å²) in [6, 6.07) is 3.09. The van der Waals surface area contributed by atoms with Crippen LogP contribution in [-0.4, -0.2) is 18.9 Å². The molecule has 0 aliphatic carbocycles. The predicted octanol–water partition coefficient (Wildman–Crippen LogP) is 1.32. The third-order valence-corrected chi connectivity index (χ3v) is 1.29. The molecule has 0 atom stereocenters. The molecular weight excluding hydrogens is 277 g/mol. The first kappa shape index (κ1) is 29.5. The zero-order chi connectivity index (χ0) is 7.72. The molecule has 87 valence electrons. The van der Waals surface area contributed by atoms with Crippen LogP contribution in [0.2, 0.25) is 0 Å². The van der Waals surface area contributed by atoms with Crippen LogP contribution in [0.25, 0.3) is 0 Å². The summed E-state index contributed by atoms with van der Waals surface area (Å²) in [7, 11) is 0. The monoisotopic (exact) mass is 289 g/mol. The normalized spacial score (nSPS) is 6.40. The van der Waals surface area contributed by atoms with E-state index in [1.54, 1.807) is 12.1 Å². The summed E-state index contributed by atoms with van der Waals surface area (Å²) in [6.07, 6.45) is 0. The summed E-state index contributed by atoms with van der Waals surface area (Å²) >= 11 is 0. The fraction of sp³-hybridized carbons (Fsp3) is 0. The van der Waals surface area contributed by atoms with Crippen LogP contribution in [0.1, 0.15) is 0 Å². The molecule has 0 bridgehead atoms. The minimum Gasteiger partial charge on any atom is -0.397 e. The van der Waals surface area contributed by atoms with E-state index in [-0.39, 0.29) is 68.5 Å². The smallest absolute Gasteiger partial charge is 0.0570 e. The van der Waals surface area contributed by atoms with Gasteiger partial charge in [-0.3, -0.25) is 0 Å². The number of anilines is 4. The van der Waals surface area contributed by atoms with Gasteiger partial charge in [0.1, 0.15) is 0 Å². The fourth-order valence-corrected chi connectivity index (χ4v) is 0.668. The van der Waals surface area contributed by atoms with Gasteiger partial charge in [-0.05, 0) is 12.1 Å². The van der Waals surface area contributed by atoms with Crippen LogP contribution in [-0.2, 0) is 0 Å². The van der Waals surface area contributed by atoms with E-state index < -0.39 is 0 Å². The molecular formula is C6H14Cl4LiN4. The van der Waals surface area contributed by atoms with Crippen molar-refractivity contribution in [3.05, 3.63) is 12.1 Å². The van der Waals surface area contributed by atoms with Crippen molar-refractivity contribution < 1.29 is 0 Å². The van der Waals surface area contributed by atoms with Crippen LogP contribution in [0, 0.1) is 0 Å². The number of hydrogen-bond donors (Lipinski definition) is 4. The molecule has 0 spiro atoms. The second-order valence-corrected chi connectivity index (χ2v) is 2.11. The van der Waals surface area contributed by atoms with Crippen molar-refractivity contribution in [1.29, 1.82) is 0 Å². The van der Waals surface area contributed by atoms with Crippen molar-refractivity contribution in [3.63, 3.8) is 0 Å². The SMILES string of the molecule is Cl.Cl.Cl.Cl.Nc1cc(N)c(N)cc1N.[Li]. The van der Waals surface area contributed by atoms with E-state index >= 15 is 0 Å². The fourth-order valence-electron chi connectivity index (χ4n) is 0.668. The Morgan fingerprint density at radius 1 is 0.533 bits per heavy atom. The third-order valence-electron chi connectivity index (χ3n) is 1.29. The molecule has 0 saturated carbocycles. The van der Waals surface area contributed by atoms with Crippen LogP contribution in [0.15, 0.2) is 12.1 Å². The summed E-state index contributed by atoms with van der Waals surface area (Å²) in [6.45, 7) is 0. The van der Waals surface area contributed by atoms with Crippen molar-refractivity contribution in [2.45, 2.75) is 0 Å². The Bertz CT molecular complexity index is 223. The van der Waals surface area contributed by atoms with Crippen molar-refractivity contribution in [2.75, 3.05) is 22.9 Å². The Morgan fingerprint density at radius 2 is 0.667 bits per heavy atom. The molecule has 1 aromatic rings. The average Bonchev–Trinajstić information content (AvgIpc) is 1.84. The Morgan fingerprint density at radius 3 is 0.800 bits per heavy atom. The Hall–Kier alpha value is 0.177. The van der Waals surface area contributed by atoms with Gasteiger partial charge in [-0.25, -0.2) is 0 Å². The van der Waals surface area contributed by atoms with Gasteiger partial charge in [-0.15, -0.1) is 49.6 Å². The van der Waals surface area contributed by atoms with E-state index in [9.17, 15) is 0 Å². The van der Waals surface area contributed by atoms with Crippen molar-refractivity contribution in [2.24, 2.45) is 0 Å². The topological polar surface area (TPSA) is 104 Å². The van der Waals surface area contributed by atoms with Crippen molar-refractivity contribution >= 4 is 91.2 Å². The molecule has 0 aromatic heterocycles. The summed E-state index contributed by atoms with van der Waals surface area (Å²) in [5, 5.41) is 0. The van der Waals surface area contributed by atoms with Crippen LogP contribution in [0.3, 0.4) is 0 Å². The van der Waals surface area contributed by atoms with Gasteiger partial charge in [0.2, 0.25) is 0 Å². The largest absolute Gasteiger partial charge is 0.397 e. The Labute approximate surface area is 126 Å². The van der Waals surface area contributed by atoms with Crippen LogP contribution >= 0.6 is 49.6 Å². The Balaban J connectivity index is -0.0000000667. The molecule has 0 saturated heterocycles. The number of hydrogen-bond acceptors (Lipinski definition) is 4. The first-order valence-electron chi connectivity index (χ1n) is 2.81. The van der Waals surface area contributed by atoms with Crippen LogP contribution < -0.4 is 22.9 Å². The van der Waals surface area contributed by atoms with Gasteiger partial charge < -0.3 is 22.9 Å². The number of nitrogens with two attached hydrogens (primary N) is 4. The van der Waals surface area contributed by atoms with E-state index in [1.807, 2.05) is 0 Å². The van der Waals surface area contributed by atoms with Gasteiger partial charge in [-0.1, -0.05) is 0 Å². The zero-order valence-corrected chi connectivity index (χ0v) is 11.4. The van der Waals surface area contributed by atoms with Gasteiger partial charge in [0.15, 0.2) is 0 Å². The molecule has 9 heteroatoms. The maximum Gasteiger partial charge on any atom is 0.0570 e. The average molecular weight is 291 g/mol. The van der Waals surface area contributed by atoms with Crippen molar-refractivity contribution in [1.82, 2.24) is 0 Å². The van der Waals surface area contributed by atoms with Gasteiger partial charge in [0.05, 0.1) is 22.7 Å². The van der Waals surface area contributed by atoms with E-state index in [0.29, 0.717) is 22.7 Å². The molecule has 15 heavy (non-hydrogen) atoms. The minimum atomic E-state index is 0. The Kier molecular flexibility index (Phi) is 24.0. The second kappa shape index (κ2) is 12.2. The molecule has 1 radical (unpaired) electrons. The molecule has 8 N–H and O–H groups in total. The summed E-state index contributed by atoms with van der Waals surface area (Å²) < 4.78 is 0. The van der Waals surface area contributed by atoms with Gasteiger partial charge in [-0.2, -0.15) is 0 Å². The van der Waals surface area contributed by atoms with Crippen LogP contribution in [0.4, 0.5) is 22.7 Å². The first-order chi connectivity index (χ1) is 4.61. The van der Waals surface area contributed by atoms with Crippen molar-refractivity contribution in [3.8, 4) is 0 Å². The molecule has 0 unspecified atom stereocenters. The molecule has 1 rings (SSSR count). The van der Waals surface area contributed by atoms with Gasteiger partial charge >= 0.3 is 0 Å². The minimum absolute atomic E-state index is 0. The quantitative estimate of drug-likeness (QED) is 0.427. The third kappa shape index (κ3) is 8.03. The number of nitrogen functional groups attached to an aromatic ring is 4. The van der Waals surface area contributed by atoms with E-state index in [2.05, 4.69) is 0 Å². The summed E-state index contributed by atoms with van der Waals surface area (Å²) in [4.78, 5) is 0. The van der Waals surface area contributed by atoms with E-state index in [4.69, 9.17) is 22.9 Å². The summed E-state index contributed by atoms with van der Waals surface area (Å²) in [5.41, 5.74) is 23.6. The number of rotatable bonds is 0. The maximum absolute atomic E-state index is 5.43. The van der Waals surface area contributed by atoms with Gasteiger partial charge in [0, 0.05) is 18.9 Å². The molecule has 0 aliphatic rings. The standard InChI is InChI=1S/C6H10N4.4ClH.Li/c7-3-1-4(8)6(10)2-5(3)9;;;;;/h1-2H,7-10H2;4*1H;. The van der Waals surface area contributed by atoms with Gasteiger partial charge in [0.25, 0.3) is 0 Å². The second-order valence-electron chi connectivity index (χ2n) is 2.11. The molecule has 0 fully saturated rings. The molecule has 0 aliphatic heterocycles. The van der Waals surface area contributed by atoms with E-state index in [1.165, 1.54) is 0 Å². The maximum atomic E-state index is 5.43. The predicted molar refractivity (Wildman–Crippen MR) is 78.8 cm³/mol. The molecule has 0 amide bonds. The van der Waals surface area contributed by atoms with E-state index in [0.717, 1.165) is 0 Å². The number of halogens is 4. The zero-order valence-electron chi connectivity index (χ0n) is 8.10. The molecule has 4 nitrogen and oxygen atoms in total. The molecule has 1 aromatic carbocycles. The molecule has 0 heterocycles. The van der Waals surface area contributed by atoms with Crippen LogP contribution in [0.5, 0.6) is 0 Å². The summed E-state index contributed by atoms with van der Waals surface area (Å²) in [5.74, 6) is 0. The number of benzene rings is 1.